The number of anilines is 1. The smallest absolute Gasteiger partial charge is 0.357 e. The van der Waals surface area contributed by atoms with Crippen LogP contribution in [0.2, 0.25) is 0 Å². The van der Waals surface area contributed by atoms with Gasteiger partial charge in [-0.05, 0) is 48.6 Å². The summed E-state index contributed by atoms with van der Waals surface area (Å²) >= 11 is 1.51. The second-order valence-corrected chi connectivity index (χ2v) is 9.00. The highest BCUT2D eigenvalue weighted by Crippen LogP contribution is 2.26. The third-order valence-corrected chi connectivity index (χ3v) is 6.28. The molecule has 1 aliphatic rings. The van der Waals surface area contributed by atoms with E-state index in [9.17, 15) is 14.4 Å². The molecular weight excluding hydrogens is 464 g/mol. The molecule has 0 atom stereocenters. The van der Waals surface area contributed by atoms with Gasteiger partial charge in [0.15, 0.2) is 12.3 Å². The monoisotopic (exact) mass is 486 g/mol. The lowest BCUT2D eigenvalue weighted by atomic mass is 10.1. The van der Waals surface area contributed by atoms with Crippen LogP contribution in [0.3, 0.4) is 0 Å². The molecule has 0 unspecified atom stereocenters. The van der Waals surface area contributed by atoms with Crippen LogP contribution in [0.25, 0.3) is 16.3 Å². The number of aromatic nitrogens is 2. The van der Waals surface area contributed by atoms with Crippen molar-refractivity contribution in [2.75, 3.05) is 11.9 Å². The molecule has 1 aliphatic carbocycles. The first-order valence-electron chi connectivity index (χ1n) is 11.1. The number of amides is 2. The van der Waals surface area contributed by atoms with Gasteiger partial charge in [0.2, 0.25) is 0 Å². The first-order chi connectivity index (χ1) is 17.1. The molecule has 2 amide bonds. The Kier molecular flexibility index (Phi) is 6.40. The molecule has 1 saturated carbocycles. The van der Waals surface area contributed by atoms with E-state index in [1.165, 1.54) is 16.0 Å². The van der Waals surface area contributed by atoms with Crippen LogP contribution in [-0.2, 0) is 9.53 Å². The first-order valence-corrected chi connectivity index (χ1v) is 12.0. The van der Waals surface area contributed by atoms with E-state index >= 15 is 0 Å². The van der Waals surface area contributed by atoms with Crippen molar-refractivity contribution in [1.82, 2.24) is 15.1 Å². The third-order valence-electron chi connectivity index (χ3n) is 5.39. The number of hydrogen-bond donors (Lipinski definition) is 2. The van der Waals surface area contributed by atoms with E-state index in [1.807, 2.05) is 47.8 Å². The number of benzene rings is 2. The number of rotatable bonds is 8. The minimum Gasteiger partial charge on any atom is -0.451 e. The number of nitrogens with one attached hydrogen (secondary N) is 2. The molecule has 0 spiro atoms. The minimum atomic E-state index is -0.681. The lowest BCUT2D eigenvalue weighted by molar-refractivity contribution is -0.119. The van der Waals surface area contributed by atoms with Gasteiger partial charge in [0.05, 0.1) is 21.8 Å². The first kappa shape index (κ1) is 22.5. The summed E-state index contributed by atoms with van der Waals surface area (Å²) in [5.41, 5.74) is 2.26. The number of nitrogens with zero attached hydrogens (tertiary/aromatic N) is 2. The molecule has 8 nitrogen and oxygen atoms in total. The fraction of sp³-hybridized carbons (Fsp3) is 0.154. The molecule has 0 bridgehead atoms. The predicted molar refractivity (Wildman–Crippen MR) is 133 cm³/mol. The van der Waals surface area contributed by atoms with Crippen LogP contribution in [0, 0.1) is 0 Å². The molecule has 1 fully saturated rings. The highest BCUT2D eigenvalue weighted by molar-refractivity contribution is 7.13. The van der Waals surface area contributed by atoms with Crippen LogP contribution in [0.4, 0.5) is 5.69 Å². The average Bonchev–Trinajstić information content (AvgIpc) is 3.34. The summed E-state index contributed by atoms with van der Waals surface area (Å²) in [7, 11) is 0. The van der Waals surface area contributed by atoms with E-state index in [4.69, 9.17) is 4.74 Å². The number of carbonyl (C=O) groups excluding carboxylic acids is 3. The van der Waals surface area contributed by atoms with Crippen molar-refractivity contribution in [3.8, 4) is 16.3 Å². The van der Waals surface area contributed by atoms with E-state index in [-0.39, 0.29) is 17.6 Å². The molecule has 0 radical (unpaired) electrons. The molecule has 2 aromatic carbocycles. The second kappa shape index (κ2) is 9.94. The highest BCUT2D eigenvalue weighted by Gasteiger charge is 2.25. The van der Waals surface area contributed by atoms with E-state index in [0.29, 0.717) is 22.6 Å². The molecule has 4 aromatic rings. The van der Waals surface area contributed by atoms with E-state index < -0.39 is 18.5 Å². The van der Waals surface area contributed by atoms with Gasteiger partial charge in [-0.15, -0.1) is 11.3 Å². The maximum Gasteiger partial charge on any atom is 0.357 e. The fourth-order valence-corrected chi connectivity index (χ4v) is 4.19. The van der Waals surface area contributed by atoms with Gasteiger partial charge in [0, 0.05) is 12.1 Å². The maximum atomic E-state index is 13.0. The maximum absolute atomic E-state index is 13.0. The van der Waals surface area contributed by atoms with Crippen LogP contribution in [0.15, 0.2) is 78.2 Å². The van der Waals surface area contributed by atoms with Gasteiger partial charge >= 0.3 is 5.97 Å². The lowest BCUT2D eigenvalue weighted by Gasteiger charge is -2.11. The predicted octanol–water partition coefficient (Wildman–Crippen LogP) is 4.29. The Hall–Kier alpha value is -4.24. The molecule has 0 aliphatic heterocycles. The minimum absolute atomic E-state index is 0.195. The third kappa shape index (κ3) is 5.30. The summed E-state index contributed by atoms with van der Waals surface area (Å²) in [6.45, 7) is -0.508. The number of ether oxygens (including phenoxy) is 1. The van der Waals surface area contributed by atoms with Crippen molar-refractivity contribution in [2.45, 2.75) is 18.9 Å². The molecule has 176 valence electrons. The summed E-state index contributed by atoms with van der Waals surface area (Å²) in [6, 6.07) is 21.6. The van der Waals surface area contributed by atoms with Gasteiger partial charge < -0.3 is 15.4 Å². The zero-order chi connectivity index (χ0) is 24.2. The summed E-state index contributed by atoms with van der Waals surface area (Å²) in [5, 5.41) is 12.1. The van der Waals surface area contributed by atoms with E-state index in [1.54, 1.807) is 30.3 Å². The lowest BCUT2D eigenvalue weighted by Crippen LogP contribution is -2.28. The number of esters is 1. The molecule has 2 heterocycles. The van der Waals surface area contributed by atoms with Crippen molar-refractivity contribution in [2.24, 2.45) is 0 Å². The summed E-state index contributed by atoms with van der Waals surface area (Å²) in [4.78, 5) is 38.9. The highest BCUT2D eigenvalue weighted by atomic mass is 32.1. The van der Waals surface area contributed by atoms with Crippen molar-refractivity contribution >= 4 is 34.8 Å². The normalized spacial score (nSPS) is 12.7. The van der Waals surface area contributed by atoms with E-state index in [2.05, 4.69) is 15.7 Å². The van der Waals surface area contributed by atoms with Gasteiger partial charge in [-0.1, -0.05) is 36.4 Å². The molecule has 5 rings (SSSR count). The van der Waals surface area contributed by atoms with Crippen LogP contribution in [-0.4, -0.2) is 40.2 Å². The molecule has 9 heteroatoms. The molecule has 2 aromatic heterocycles. The number of para-hydroxylation sites is 2. The summed E-state index contributed by atoms with van der Waals surface area (Å²) < 4.78 is 6.83. The van der Waals surface area contributed by atoms with Gasteiger partial charge in [0.1, 0.15) is 5.69 Å². The van der Waals surface area contributed by atoms with Crippen molar-refractivity contribution in [1.29, 1.82) is 0 Å². The topological polar surface area (TPSA) is 102 Å². The SMILES string of the molecule is O=C(COC(=O)c1cc(-c2cccs2)nn1-c1ccccc1)Nc1ccccc1C(=O)NC1CC1. The van der Waals surface area contributed by atoms with Crippen molar-refractivity contribution in [3.63, 3.8) is 0 Å². The van der Waals surface area contributed by atoms with Crippen molar-refractivity contribution in [3.05, 3.63) is 89.4 Å². The Morgan fingerprint density at radius 2 is 1.77 bits per heavy atom. The zero-order valence-corrected chi connectivity index (χ0v) is 19.5. The summed E-state index contributed by atoms with van der Waals surface area (Å²) in [6.07, 6.45) is 1.92. The Morgan fingerprint density at radius 1 is 1.00 bits per heavy atom. The second-order valence-electron chi connectivity index (χ2n) is 8.06. The zero-order valence-electron chi connectivity index (χ0n) is 18.6. The van der Waals surface area contributed by atoms with Crippen LogP contribution in [0.5, 0.6) is 0 Å². The largest absolute Gasteiger partial charge is 0.451 e. The Balaban J connectivity index is 1.29. The number of carbonyl (C=O) groups is 3. The molecule has 35 heavy (non-hydrogen) atoms. The average molecular weight is 487 g/mol. The Bertz CT molecular complexity index is 1360. The van der Waals surface area contributed by atoms with Crippen LogP contribution < -0.4 is 10.6 Å². The van der Waals surface area contributed by atoms with Crippen LogP contribution in [0.1, 0.15) is 33.7 Å². The fourth-order valence-electron chi connectivity index (χ4n) is 3.51. The quantitative estimate of drug-likeness (QED) is 0.362. The molecule has 2 N–H and O–H groups in total. The Labute approximate surface area is 205 Å². The number of thiophene rings is 1. The van der Waals surface area contributed by atoms with Gasteiger partial charge in [-0.25, -0.2) is 9.48 Å². The standard InChI is InChI=1S/C26H22N4O4S/c31-24(28-20-10-5-4-9-19(20)25(32)27-17-12-13-17)16-34-26(33)22-15-21(23-11-6-14-35-23)29-30(22)18-7-2-1-3-8-18/h1-11,14-15,17H,12-13,16H2,(H,27,32)(H,28,31). The molecular formula is C26H22N4O4S. The summed E-state index contributed by atoms with van der Waals surface area (Å²) in [5.74, 6) is -1.47. The van der Waals surface area contributed by atoms with E-state index in [0.717, 1.165) is 17.7 Å². The van der Waals surface area contributed by atoms with Crippen LogP contribution >= 0.6 is 11.3 Å². The van der Waals surface area contributed by atoms with Crippen molar-refractivity contribution < 1.29 is 19.1 Å². The molecule has 0 saturated heterocycles. The Morgan fingerprint density at radius 3 is 2.51 bits per heavy atom. The van der Waals surface area contributed by atoms with Gasteiger partial charge in [-0.2, -0.15) is 5.10 Å². The van der Waals surface area contributed by atoms with Gasteiger partial charge in [-0.3, -0.25) is 9.59 Å². The number of hydrogen-bond acceptors (Lipinski definition) is 6. The van der Waals surface area contributed by atoms with Gasteiger partial charge in [0.25, 0.3) is 11.8 Å².